The van der Waals surface area contributed by atoms with E-state index >= 15 is 0 Å². The Hall–Kier alpha value is -3.36. The maximum Gasteiger partial charge on any atom is 0.326 e. The number of carboxylic acids is 1. The van der Waals surface area contributed by atoms with Gasteiger partial charge >= 0.3 is 5.97 Å². The molecule has 0 fully saturated rings. The number of carboxylic acid groups (broad SMARTS) is 1. The molecule has 1 rings (SSSR count). The number of phenols is 1. The number of thioether (sulfide) groups is 1. The van der Waals surface area contributed by atoms with Crippen molar-refractivity contribution in [2.24, 2.45) is 11.5 Å². The third kappa shape index (κ3) is 11.5. The highest BCUT2D eigenvalue weighted by atomic mass is 32.2. The third-order valence-corrected chi connectivity index (χ3v) is 6.01. The summed E-state index contributed by atoms with van der Waals surface area (Å²) in [5.74, 6) is -4.00. The number of phenolic OH excluding ortho intramolecular Hbond substituents is 1. The van der Waals surface area contributed by atoms with Crippen molar-refractivity contribution in [1.29, 1.82) is 0 Å². The van der Waals surface area contributed by atoms with Crippen LogP contribution >= 0.6 is 11.8 Å². The zero-order valence-corrected chi connectivity index (χ0v) is 21.5. The van der Waals surface area contributed by atoms with Crippen molar-refractivity contribution in [2.45, 2.75) is 62.9 Å². The first-order valence-corrected chi connectivity index (χ1v) is 12.9. The standard InChI is InChI=1S/C23H35N5O8S/c1-12(29)19(25)22(34)26-15(7-8-18(24)31)20(32)28-17(11-13-3-5-14(30)6-4-13)21(33)27-16(23(35)36)9-10-37-2/h3-6,12,15-17,19,29-30H,7-11,25H2,1-2H3,(H2,24,31)(H,26,34)(H,27,33)(H,28,32)(H,35,36). The Morgan fingerprint density at radius 1 is 0.919 bits per heavy atom. The average molecular weight is 542 g/mol. The van der Waals surface area contributed by atoms with Crippen LogP contribution in [0.3, 0.4) is 0 Å². The summed E-state index contributed by atoms with van der Waals surface area (Å²) >= 11 is 1.40. The van der Waals surface area contributed by atoms with E-state index in [9.17, 15) is 39.3 Å². The van der Waals surface area contributed by atoms with Crippen molar-refractivity contribution in [3.8, 4) is 5.75 Å². The summed E-state index contributed by atoms with van der Waals surface area (Å²) < 4.78 is 0. The highest BCUT2D eigenvalue weighted by molar-refractivity contribution is 7.98. The van der Waals surface area contributed by atoms with Gasteiger partial charge in [0.05, 0.1) is 6.10 Å². The van der Waals surface area contributed by atoms with E-state index in [1.54, 1.807) is 6.26 Å². The number of benzene rings is 1. The Kier molecular flexibility index (Phi) is 13.4. The number of nitrogens with one attached hydrogen (secondary N) is 3. The molecule has 0 radical (unpaired) electrons. The van der Waals surface area contributed by atoms with Gasteiger partial charge in [-0.2, -0.15) is 11.8 Å². The number of carbonyl (C=O) groups is 5. The van der Waals surface area contributed by atoms with Gasteiger partial charge in [-0.05, 0) is 49.5 Å². The number of aliphatic carboxylic acids is 1. The molecule has 0 spiro atoms. The number of aliphatic hydroxyl groups is 1. The minimum Gasteiger partial charge on any atom is -0.508 e. The van der Waals surface area contributed by atoms with Gasteiger partial charge in [0.1, 0.15) is 29.9 Å². The zero-order valence-electron chi connectivity index (χ0n) is 20.7. The number of aliphatic hydroxyl groups excluding tert-OH is 1. The first kappa shape index (κ1) is 31.7. The van der Waals surface area contributed by atoms with Crippen LogP contribution in [0.15, 0.2) is 24.3 Å². The molecule has 1 aromatic carbocycles. The lowest BCUT2D eigenvalue weighted by molar-refractivity contribution is -0.142. The van der Waals surface area contributed by atoms with Crippen molar-refractivity contribution in [3.63, 3.8) is 0 Å². The molecule has 0 saturated heterocycles. The fraction of sp³-hybridized carbons (Fsp3) is 0.522. The van der Waals surface area contributed by atoms with Crippen molar-refractivity contribution in [1.82, 2.24) is 16.0 Å². The Morgan fingerprint density at radius 3 is 1.97 bits per heavy atom. The summed E-state index contributed by atoms with van der Waals surface area (Å²) in [6, 6.07) is 0.673. The lowest BCUT2D eigenvalue weighted by atomic mass is 10.0. The number of rotatable bonds is 16. The molecule has 37 heavy (non-hydrogen) atoms. The molecule has 0 bridgehead atoms. The summed E-state index contributed by atoms with van der Waals surface area (Å²) in [6.07, 6.45) is 0.166. The second-order valence-corrected chi connectivity index (χ2v) is 9.43. The summed E-state index contributed by atoms with van der Waals surface area (Å²) in [4.78, 5) is 61.4. The van der Waals surface area contributed by atoms with E-state index in [1.807, 2.05) is 0 Å². The van der Waals surface area contributed by atoms with E-state index in [4.69, 9.17) is 11.5 Å². The fourth-order valence-electron chi connectivity index (χ4n) is 3.16. The zero-order chi connectivity index (χ0) is 28.1. The topological polar surface area (TPSA) is 234 Å². The molecular weight excluding hydrogens is 506 g/mol. The SMILES string of the molecule is CSCCC(NC(=O)C(Cc1ccc(O)cc1)NC(=O)C(CCC(N)=O)NC(=O)C(N)C(C)O)C(=O)O. The number of primary amides is 1. The van der Waals surface area contributed by atoms with E-state index in [-0.39, 0.29) is 31.4 Å². The number of hydrogen-bond acceptors (Lipinski definition) is 9. The molecule has 1 aromatic rings. The molecule has 0 saturated carbocycles. The smallest absolute Gasteiger partial charge is 0.326 e. The fourth-order valence-corrected chi connectivity index (χ4v) is 3.63. The van der Waals surface area contributed by atoms with Crippen molar-refractivity contribution < 1.29 is 39.3 Å². The number of aromatic hydroxyl groups is 1. The van der Waals surface area contributed by atoms with Gasteiger partial charge in [0.25, 0.3) is 0 Å². The van der Waals surface area contributed by atoms with Gasteiger partial charge in [0.15, 0.2) is 0 Å². The van der Waals surface area contributed by atoms with Gasteiger partial charge in [-0.25, -0.2) is 4.79 Å². The molecule has 0 heterocycles. The maximum atomic E-state index is 13.1. The number of hydrogen-bond donors (Lipinski definition) is 8. The van der Waals surface area contributed by atoms with Gasteiger partial charge < -0.3 is 42.7 Å². The highest BCUT2D eigenvalue weighted by Crippen LogP contribution is 2.12. The van der Waals surface area contributed by atoms with Crippen LogP contribution < -0.4 is 27.4 Å². The van der Waals surface area contributed by atoms with E-state index in [2.05, 4.69) is 16.0 Å². The van der Waals surface area contributed by atoms with Crippen molar-refractivity contribution in [3.05, 3.63) is 29.8 Å². The lowest BCUT2D eigenvalue weighted by Crippen LogP contribution is -2.58. The van der Waals surface area contributed by atoms with Crippen LogP contribution in [0, 0.1) is 0 Å². The number of amides is 4. The normalized spacial score (nSPS) is 14.9. The predicted octanol–water partition coefficient (Wildman–Crippen LogP) is -1.80. The summed E-state index contributed by atoms with van der Waals surface area (Å²) in [5, 5.41) is 35.8. The second-order valence-electron chi connectivity index (χ2n) is 8.45. The monoisotopic (exact) mass is 541 g/mol. The molecular formula is C23H35N5O8S. The molecule has 0 aliphatic heterocycles. The van der Waals surface area contributed by atoms with Gasteiger partial charge in [-0.1, -0.05) is 12.1 Å². The van der Waals surface area contributed by atoms with Crippen LogP contribution in [0.5, 0.6) is 5.75 Å². The Morgan fingerprint density at radius 2 is 1.46 bits per heavy atom. The van der Waals surface area contributed by atoms with Crippen LogP contribution in [-0.2, 0) is 30.4 Å². The lowest BCUT2D eigenvalue weighted by Gasteiger charge is -2.25. The Bertz CT molecular complexity index is 944. The molecule has 5 atom stereocenters. The van der Waals surface area contributed by atoms with E-state index in [1.165, 1.54) is 43.0 Å². The van der Waals surface area contributed by atoms with Crippen LogP contribution in [-0.4, -0.2) is 87.2 Å². The molecule has 5 unspecified atom stereocenters. The van der Waals surface area contributed by atoms with Crippen LogP contribution in [0.25, 0.3) is 0 Å². The Balaban J connectivity index is 3.17. The molecule has 0 aliphatic rings. The largest absolute Gasteiger partial charge is 0.508 e. The first-order valence-electron chi connectivity index (χ1n) is 11.5. The van der Waals surface area contributed by atoms with Gasteiger partial charge in [0.2, 0.25) is 23.6 Å². The highest BCUT2D eigenvalue weighted by Gasteiger charge is 2.31. The third-order valence-electron chi connectivity index (χ3n) is 5.37. The molecule has 10 N–H and O–H groups in total. The van der Waals surface area contributed by atoms with Gasteiger partial charge in [-0.3, -0.25) is 19.2 Å². The van der Waals surface area contributed by atoms with E-state index < -0.39 is 59.9 Å². The van der Waals surface area contributed by atoms with E-state index in [0.717, 1.165) is 0 Å². The van der Waals surface area contributed by atoms with Crippen LogP contribution in [0.4, 0.5) is 0 Å². The van der Waals surface area contributed by atoms with Gasteiger partial charge in [0, 0.05) is 12.8 Å². The molecule has 206 valence electrons. The minimum absolute atomic E-state index is 0.0135. The molecule has 0 aromatic heterocycles. The van der Waals surface area contributed by atoms with Crippen molar-refractivity contribution >= 4 is 41.4 Å². The molecule has 4 amide bonds. The quantitative estimate of drug-likeness (QED) is 0.117. The average Bonchev–Trinajstić information content (AvgIpc) is 2.83. The van der Waals surface area contributed by atoms with Crippen LogP contribution in [0.2, 0.25) is 0 Å². The Labute approximate surface area is 218 Å². The predicted molar refractivity (Wildman–Crippen MR) is 136 cm³/mol. The van der Waals surface area contributed by atoms with Crippen molar-refractivity contribution in [2.75, 3.05) is 12.0 Å². The number of nitrogens with two attached hydrogens (primary N) is 2. The second kappa shape index (κ2) is 15.7. The summed E-state index contributed by atoms with van der Waals surface area (Å²) in [6.45, 7) is 1.29. The van der Waals surface area contributed by atoms with E-state index in [0.29, 0.717) is 11.3 Å². The summed E-state index contributed by atoms with van der Waals surface area (Å²) in [5.41, 5.74) is 11.3. The number of carbonyl (C=O) groups excluding carboxylic acids is 4. The van der Waals surface area contributed by atoms with Gasteiger partial charge in [-0.15, -0.1) is 0 Å². The molecule has 13 nitrogen and oxygen atoms in total. The van der Waals surface area contributed by atoms with Crippen LogP contribution in [0.1, 0.15) is 31.7 Å². The maximum absolute atomic E-state index is 13.1. The molecule has 14 heteroatoms. The minimum atomic E-state index is -1.35. The molecule has 0 aliphatic carbocycles. The summed E-state index contributed by atoms with van der Waals surface area (Å²) in [7, 11) is 0. The first-order chi connectivity index (χ1) is 17.3.